The normalized spacial score (nSPS) is 9.85. The van der Waals surface area contributed by atoms with E-state index in [0.717, 1.165) is 5.75 Å². The van der Waals surface area contributed by atoms with Crippen molar-refractivity contribution in [3.8, 4) is 5.75 Å². The number of carbonyl (C=O) groups is 2. The summed E-state index contributed by atoms with van der Waals surface area (Å²) < 4.78 is 5.30. The Bertz CT molecular complexity index is 431. The van der Waals surface area contributed by atoms with Crippen molar-refractivity contribution in [3.63, 3.8) is 0 Å². The van der Waals surface area contributed by atoms with Gasteiger partial charge in [0.05, 0.1) is 6.61 Å². The zero-order valence-electron chi connectivity index (χ0n) is 11.5. The molecule has 0 aliphatic rings. The van der Waals surface area contributed by atoms with Gasteiger partial charge in [0, 0.05) is 18.7 Å². The number of rotatable bonds is 8. The van der Waals surface area contributed by atoms with Crippen LogP contribution in [0, 0.1) is 0 Å². The fourth-order valence-corrected chi connectivity index (χ4v) is 1.58. The van der Waals surface area contributed by atoms with E-state index in [2.05, 4.69) is 10.6 Å². The van der Waals surface area contributed by atoms with E-state index < -0.39 is 5.97 Å². The van der Waals surface area contributed by atoms with Gasteiger partial charge < -0.3 is 20.5 Å². The third-order valence-electron chi connectivity index (χ3n) is 2.53. The maximum absolute atomic E-state index is 11.6. The predicted octanol–water partition coefficient (Wildman–Crippen LogP) is 2.46. The zero-order valence-corrected chi connectivity index (χ0v) is 11.5. The molecule has 110 valence electrons. The Labute approximate surface area is 118 Å². The Kier molecular flexibility index (Phi) is 6.95. The second-order valence-electron chi connectivity index (χ2n) is 4.19. The molecule has 20 heavy (non-hydrogen) atoms. The van der Waals surface area contributed by atoms with Gasteiger partial charge in [-0.15, -0.1) is 0 Å². The number of unbranched alkanes of at least 4 members (excludes halogenated alkanes) is 1. The Morgan fingerprint density at radius 1 is 1.20 bits per heavy atom. The summed E-state index contributed by atoms with van der Waals surface area (Å²) in [6.45, 7) is 2.96. The molecule has 3 N–H and O–H groups in total. The molecule has 1 aromatic carbocycles. The average Bonchev–Trinajstić information content (AvgIpc) is 2.40. The van der Waals surface area contributed by atoms with Crippen molar-refractivity contribution in [2.45, 2.75) is 26.2 Å². The molecule has 6 nitrogen and oxygen atoms in total. The van der Waals surface area contributed by atoms with Crippen LogP contribution in [0.15, 0.2) is 24.3 Å². The molecule has 0 spiro atoms. The van der Waals surface area contributed by atoms with Gasteiger partial charge in [-0.1, -0.05) is 0 Å². The number of hydrogen-bond donors (Lipinski definition) is 3. The van der Waals surface area contributed by atoms with Gasteiger partial charge in [0.1, 0.15) is 5.75 Å². The average molecular weight is 280 g/mol. The van der Waals surface area contributed by atoms with Crippen LogP contribution in [0.5, 0.6) is 5.75 Å². The summed E-state index contributed by atoms with van der Waals surface area (Å²) in [5.74, 6) is -0.0593. The third kappa shape index (κ3) is 6.63. The van der Waals surface area contributed by atoms with E-state index in [1.165, 1.54) is 0 Å². The lowest BCUT2D eigenvalue weighted by atomic mass is 10.2. The molecule has 6 heteroatoms. The highest BCUT2D eigenvalue weighted by Gasteiger charge is 2.02. The Morgan fingerprint density at radius 3 is 2.50 bits per heavy atom. The SMILES string of the molecule is CCOc1ccc(NC(=O)NCCCCC(=O)O)cc1. The molecule has 0 aliphatic carbocycles. The summed E-state index contributed by atoms with van der Waals surface area (Å²) in [4.78, 5) is 21.9. The topological polar surface area (TPSA) is 87.7 Å². The highest BCUT2D eigenvalue weighted by atomic mass is 16.5. The summed E-state index contributed by atoms with van der Waals surface area (Å²) in [5.41, 5.74) is 0.677. The van der Waals surface area contributed by atoms with Gasteiger partial charge in [0.15, 0.2) is 0 Å². The van der Waals surface area contributed by atoms with E-state index in [-0.39, 0.29) is 12.5 Å². The van der Waals surface area contributed by atoms with Crippen LogP contribution in [0.2, 0.25) is 0 Å². The number of urea groups is 1. The summed E-state index contributed by atoms with van der Waals surface area (Å²) in [6, 6.07) is 6.78. The van der Waals surface area contributed by atoms with Gasteiger partial charge in [0.2, 0.25) is 0 Å². The van der Waals surface area contributed by atoms with Gasteiger partial charge >= 0.3 is 12.0 Å². The summed E-state index contributed by atoms with van der Waals surface area (Å²) in [6.07, 6.45) is 1.32. The quantitative estimate of drug-likeness (QED) is 0.638. The number of benzene rings is 1. The van der Waals surface area contributed by atoms with Gasteiger partial charge in [-0.05, 0) is 44.0 Å². The lowest BCUT2D eigenvalue weighted by Gasteiger charge is -2.08. The molecule has 1 rings (SSSR count). The number of amides is 2. The number of carboxylic acid groups (broad SMARTS) is 1. The monoisotopic (exact) mass is 280 g/mol. The minimum absolute atomic E-state index is 0.127. The summed E-state index contributed by atoms with van der Waals surface area (Å²) >= 11 is 0. The van der Waals surface area contributed by atoms with Crippen LogP contribution in [0.1, 0.15) is 26.2 Å². The second-order valence-corrected chi connectivity index (χ2v) is 4.19. The molecule has 0 unspecified atom stereocenters. The zero-order chi connectivity index (χ0) is 14.8. The molecule has 0 saturated carbocycles. The van der Waals surface area contributed by atoms with E-state index >= 15 is 0 Å². The van der Waals surface area contributed by atoms with Crippen molar-refractivity contribution in [3.05, 3.63) is 24.3 Å². The number of nitrogens with one attached hydrogen (secondary N) is 2. The number of ether oxygens (including phenoxy) is 1. The van der Waals surface area contributed by atoms with E-state index in [1.54, 1.807) is 24.3 Å². The van der Waals surface area contributed by atoms with Crippen LogP contribution < -0.4 is 15.4 Å². The van der Waals surface area contributed by atoms with Crippen LogP contribution in [0.4, 0.5) is 10.5 Å². The minimum atomic E-state index is -0.816. The third-order valence-corrected chi connectivity index (χ3v) is 2.53. The van der Waals surface area contributed by atoms with Gasteiger partial charge in [0.25, 0.3) is 0 Å². The molecule has 2 amide bonds. The van der Waals surface area contributed by atoms with E-state index in [0.29, 0.717) is 31.7 Å². The molecule has 0 atom stereocenters. The van der Waals surface area contributed by atoms with E-state index in [4.69, 9.17) is 9.84 Å². The first-order valence-electron chi connectivity index (χ1n) is 6.61. The first-order chi connectivity index (χ1) is 9.61. The molecule has 0 bridgehead atoms. The Morgan fingerprint density at radius 2 is 1.90 bits per heavy atom. The van der Waals surface area contributed by atoms with Crippen molar-refractivity contribution in [1.82, 2.24) is 5.32 Å². The van der Waals surface area contributed by atoms with Crippen molar-refractivity contribution in [2.75, 3.05) is 18.5 Å². The standard InChI is InChI=1S/C14H20N2O4/c1-2-20-12-8-6-11(7-9-12)16-14(19)15-10-4-3-5-13(17)18/h6-9H,2-5,10H2,1H3,(H,17,18)(H2,15,16,19). The van der Waals surface area contributed by atoms with E-state index in [1.807, 2.05) is 6.92 Å². The number of anilines is 1. The van der Waals surface area contributed by atoms with Crippen LogP contribution in [0.3, 0.4) is 0 Å². The molecule has 0 heterocycles. The molecule has 0 aliphatic heterocycles. The maximum Gasteiger partial charge on any atom is 0.319 e. The largest absolute Gasteiger partial charge is 0.494 e. The fraction of sp³-hybridized carbons (Fsp3) is 0.429. The molecule has 1 aromatic rings. The van der Waals surface area contributed by atoms with Gasteiger partial charge in [-0.25, -0.2) is 4.79 Å². The first-order valence-corrected chi connectivity index (χ1v) is 6.61. The van der Waals surface area contributed by atoms with Crippen molar-refractivity contribution < 1.29 is 19.4 Å². The number of hydrogen-bond acceptors (Lipinski definition) is 3. The van der Waals surface area contributed by atoms with Crippen LogP contribution in [0.25, 0.3) is 0 Å². The summed E-state index contributed by atoms with van der Waals surface area (Å²) in [5, 5.41) is 13.8. The minimum Gasteiger partial charge on any atom is -0.494 e. The summed E-state index contributed by atoms with van der Waals surface area (Å²) in [7, 11) is 0. The van der Waals surface area contributed by atoms with E-state index in [9.17, 15) is 9.59 Å². The smallest absolute Gasteiger partial charge is 0.319 e. The molecule has 0 saturated heterocycles. The molecule has 0 fully saturated rings. The molecule has 0 aromatic heterocycles. The lowest BCUT2D eigenvalue weighted by molar-refractivity contribution is -0.137. The highest BCUT2D eigenvalue weighted by Crippen LogP contribution is 2.15. The second kappa shape index (κ2) is 8.79. The molecular formula is C14H20N2O4. The van der Waals surface area contributed by atoms with Crippen LogP contribution in [-0.4, -0.2) is 30.3 Å². The van der Waals surface area contributed by atoms with Crippen LogP contribution in [-0.2, 0) is 4.79 Å². The fourth-order valence-electron chi connectivity index (χ4n) is 1.58. The van der Waals surface area contributed by atoms with Gasteiger partial charge in [-0.3, -0.25) is 4.79 Å². The van der Waals surface area contributed by atoms with Crippen molar-refractivity contribution in [1.29, 1.82) is 0 Å². The van der Waals surface area contributed by atoms with Gasteiger partial charge in [-0.2, -0.15) is 0 Å². The molecular weight excluding hydrogens is 260 g/mol. The highest BCUT2D eigenvalue weighted by molar-refractivity contribution is 5.89. The lowest BCUT2D eigenvalue weighted by Crippen LogP contribution is -2.29. The number of carboxylic acids is 1. The Balaban J connectivity index is 2.22. The first kappa shape index (κ1) is 15.8. The van der Waals surface area contributed by atoms with Crippen LogP contribution >= 0.6 is 0 Å². The Hall–Kier alpha value is -2.24. The van der Waals surface area contributed by atoms with Crippen molar-refractivity contribution >= 4 is 17.7 Å². The molecule has 0 radical (unpaired) electrons. The number of aliphatic carboxylic acids is 1. The number of carbonyl (C=O) groups excluding carboxylic acids is 1. The maximum atomic E-state index is 11.6. The predicted molar refractivity (Wildman–Crippen MR) is 76.1 cm³/mol. The van der Waals surface area contributed by atoms with Crippen molar-refractivity contribution in [2.24, 2.45) is 0 Å².